The fourth-order valence-electron chi connectivity index (χ4n) is 22.0. The minimum atomic E-state index is -4.69. The molecule has 14 rings (SSSR count). The number of rotatable bonds is 18. The molecule has 0 bridgehead atoms. The van der Waals surface area contributed by atoms with Gasteiger partial charge in [-0.2, -0.15) is 0 Å². The monoisotopic (exact) mass is 838 g/mol. The van der Waals surface area contributed by atoms with Gasteiger partial charge in [-0.25, -0.2) is 0 Å². The molecule has 10 aliphatic heterocycles. The molecule has 0 N–H and O–H groups in total. The summed E-state index contributed by atoms with van der Waals surface area (Å²) in [6.07, 6.45) is 6.49. The van der Waals surface area contributed by atoms with Crippen molar-refractivity contribution < 1.29 is 54.1 Å². The van der Waals surface area contributed by atoms with E-state index in [1.807, 2.05) is 0 Å². The van der Waals surface area contributed by atoms with Crippen LogP contribution >= 0.6 is 0 Å². The SMILES string of the molecule is CCCCCOc1ccc(OC(=O)c2ccc(OC(=O)[C]34[CH]5[CH]6[CH]7[CH]3[Fe]6754389%10[CH]4[CH]3[CH]8[C]9(C(=O)Oc3ccc(C(=O)Oc5ccc(OCCCCC)cc5)cc3)[CH]4%10)cc2)cc1. The van der Waals surface area contributed by atoms with Crippen molar-refractivity contribution in [2.24, 2.45) is 0 Å². The molecule has 10 saturated heterocycles. The molecular weight excluding hydrogens is 792 g/mol. The van der Waals surface area contributed by atoms with Gasteiger partial charge in [-0.15, -0.1) is 0 Å². The van der Waals surface area contributed by atoms with Gasteiger partial charge in [0, 0.05) is 0 Å². The van der Waals surface area contributed by atoms with Crippen LogP contribution in [0.5, 0.6) is 34.5 Å². The number of unbranched alkanes of at least 4 members (excludes halogenated alkanes) is 4. The van der Waals surface area contributed by atoms with Crippen LogP contribution in [0.4, 0.5) is 0 Å². The molecule has 1 spiro atoms. The summed E-state index contributed by atoms with van der Waals surface area (Å²) < 4.78 is 34.3. The molecule has 4 aromatic rings. The Bertz CT molecular complexity index is 2730. The predicted molar refractivity (Wildman–Crippen MR) is 212 cm³/mol. The Morgan fingerprint density at radius 1 is 0.441 bits per heavy atom. The van der Waals surface area contributed by atoms with Gasteiger partial charge in [-0.05, 0) is 12.8 Å². The number of ether oxygens (including phenoxy) is 6. The van der Waals surface area contributed by atoms with Crippen LogP contribution < -0.4 is 28.4 Å². The fourth-order valence-corrected chi connectivity index (χ4v) is 96.8. The van der Waals surface area contributed by atoms with Gasteiger partial charge in [0.1, 0.15) is 11.5 Å². The van der Waals surface area contributed by atoms with E-state index in [2.05, 4.69) is 13.8 Å². The topological polar surface area (TPSA) is 124 Å². The summed E-state index contributed by atoms with van der Waals surface area (Å²) in [4.78, 5) is 59.0. The van der Waals surface area contributed by atoms with Crippen LogP contribution in [0, 0.1) is 0 Å². The van der Waals surface area contributed by atoms with Crippen molar-refractivity contribution in [2.45, 2.75) is 99.5 Å². The molecule has 0 amide bonds. The number of hydrogen-bond donors (Lipinski definition) is 0. The first-order chi connectivity index (χ1) is 28.5. The van der Waals surface area contributed by atoms with Crippen LogP contribution in [0.3, 0.4) is 0 Å². The van der Waals surface area contributed by atoms with Gasteiger partial charge >= 0.3 is 247 Å². The van der Waals surface area contributed by atoms with Gasteiger partial charge in [-0.3, -0.25) is 0 Å². The van der Waals surface area contributed by atoms with Gasteiger partial charge in [0.15, 0.2) is 0 Å². The van der Waals surface area contributed by atoms with Gasteiger partial charge in [0.25, 0.3) is 0 Å². The third kappa shape index (κ3) is 1.43. The number of hydrogen-bond acceptors (Lipinski definition) is 10. The molecule has 0 aliphatic carbocycles. The zero-order chi connectivity index (χ0) is 40.1. The van der Waals surface area contributed by atoms with E-state index in [0.717, 1.165) is 50.0 Å². The minimum absolute atomic E-state index is 0.125. The van der Waals surface area contributed by atoms with Crippen molar-refractivity contribution in [3.05, 3.63) is 108 Å². The van der Waals surface area contributed by atoms with Gasteiger partial charge < -0.3 is 9.47 Å². The summed E-state index contributed by atoms with van der Waals surface area (Å²) >= 11 is 0. The van der Waals surface area contributed by atoms with Crippen molar-refractivity contribution >= 4 is 23.9 Å². The number of esters is 4. The van der Waals surface area contributed by atoms with E-state index < -0.39 is 27.1 Å². The molecule has 10 nitrogen and oxygen atoms in total. The molecule has 0 saturated carbocycles. The molecule has 59 heavy (non-hydrogen) atoms. The normalized spacial score (nSPS) is 43.2. The Balaban J connectivity index is 0.639. The second-order valence-electron chi connectivity index (χ2n) is 20.4. The predicted octanol–water partition coefficient (Wildman–Crippen LogP) is 10.9. The number of benzene rings is 4. The molecule has 8 unspecified atom stereocenters. The average molecular weight is 839 g/mol. The second kappa shape index (κ2) is 7.07. The summed E-state index contributed by atoms with van der Waals surface area (Å²) in [6, 6.07) is 27.2. The first-order valence-electron chi connectivity index (χ1n) is 21.3. The molecule has 4 aromatic carbocycles. The Labute approximate surface area is 332 Å². The van der Waals surface area contributed by atoms with E-state index in [0.29, 0.717) is 85.9 Å². The van der Waals surface area contributed by atoms with Crippen molar-refractivity contribution in [1.29, 1.82) is 0 Å². The number of carbonyl (C=O) groups is 4. The zero-order valence-electron chi connectivity index (χ0n) is 32.9. The second-order valence-corrected chi connectivity index (χ2v) is 43.6. The standard InChI is InChI=1S/2C24H23O5.Fe/c2*1-2-3-6-17-27-20-13-15-22(16-14-20)29-24(26)19-9-11-21(12-10-19)28-23(25)18-7-4-5-8-18;/h2*4-5,7-16H,2-3,6,17H2,1H3;. The number of fused-ring (bicyclic) bond motifs is 10. The molecule has 8 atom stereocenters. The van der Waals surface area contributed by atoms with Crippen LogP contribution in [0.15, 0.2) is 97.1 Å². The van der Waals surface area contributed by atoms with Crippen molar-refractivity contribution in [2.75, 3.05) is 13.2 Å². The zero-order valence-corrected chi connectivity index (χ0v) is 34.1. The van der Waals surface area contributed by atoms with Crippen molar-refractivity contribution in [1.82, 2.24) is 0 Å². The van der Waals surface area contributed by atoms with Crippen molar-refractivity contribution in [3.63, 3.8) is 0 Å². The molecule has 10 aliphatic rings. The first kappa shape index (κ1) is 33.7. The first-order valence-corrected chi connectivity index (χ1v) is 27.5. The van der Waals surface area contributed by atoms with E-state index in [1.165, 1.54) is 0 Å². The summed E-state index contributed by atoms with van der Waals surface area (Å²) in [5.74, 6) is 1.86. The maximum atomic E-state index is 14.5. The Hall–Kier alpha value is -5.12. The van der Waals surface area contributed by atoms with E-state index >= 15 is 0 Å². The molecule has 306 valence electrons. The van der Waals surface area contributed by atoms with Crippen LogP contribution in [-0.2, 0) is 16.1 Å². The summed E-state index contributed by atoms with van der Waals surface area (Å²) in [6.45, 7) is 0.915. The molecule has 10 heterocycles. The van der Waals surface area contributed by atoms with Gasteiger partial charge in [-0.1, -0.05) is 39.5 Å². The van der Waals surface area contributed by atoms with Crippen LogP contribution in [0.1, 0.15) is 73.1 Å². The molecule has 0 radical (unpaired) electrons. The third-order valence-electron chi connectivity index (χ3n) is 22.1. The summed E-state index contributed by atoms with van der Waals surface area (Å²) in [5, 5.41) is 0. The fraction of sp³-hybridized carbons (Fsp3) is 0.417. The Kier molecular flexibility index (Phi) is 4.04. The van der Waals surface area contributed by atoms with E-state index in [1.54, 1.807) is 97.1 Å². The van der Waals surface area contributed by atoms with Crippen molar-refractivity contribution in [3.8, 4) is 34.5 Å². The van der Waals surface area contributed by atoms with Crippen LogP contribution in [-0.4, -0.2) is 37.1 Å². The average Bonchev–Trinajstić information content (AvgIpc) is 4.20. The maximum absolute atomic E-state index is 14.5. The summed E-state index contributed by atoms with van der Waals surface area (Å²) in [5.41, 5.74) is 0.700. The Morgan fingerprint density at radius 2 is 0.746 bits per heavy atom. The summed E-state index contributed by atoms with van der Waals surface area (Å²) in [7, 11) is 0. The quantitative estimate of drug-likeness (QED) is 0.0414. The number of carbonyl (C=O) groups excluding carboxylic acids is 4. The van der Waals surface area contributed by atoms with E-state index in [4.69, 9.17) is 28.4 Å². The molecule has 10 fully saturated rings. The molecule has 11 heteroatoms. The van der Waals surface area contributed by atoms with Gasteiger partial charge in [0.05, 0.1) is 13.2 Å². The van der Waals surface area contributed by atoms with E-state index in [-0.39, 0.29) is 11.9 Å². The van der Waals surface area contributed by atoms with E-state index in [9.17, 15) is 19.2 Å². The third-order valence-corrected chi connectivity index (χ3v) is 64.7. The molecular formula is C48H46FeO10. The van der Waals surface area contributed by atoms with Crippen LogP contribution in [0.2, 0.25) is 47.2 Å². The molecule has 0 aromatic heterocycles. The van der Waals surface area contributed by atoms with Gasteiger partial charge in [0.2, 0.25) is 0 Å². The Morgan fingerprint density at radius 3 is 1.07 bits per heavy atom. The van der Waals surface area contributed by atoms with Crippen LogP contribution in [0.25, 0.3) is 0 Å².